The van der Waals surface area contributed by atoms with E-state index in [-0.39, 0.29) is 17.4 Å². The normalized spacial score (nSPS) is 14.4. The van der Waals surface area contributed by atoms with Gasteiger partial charge in [0.05, 0.1) is 5.56 Å². The molecule has 3 rings (SSSR count). The summed E-state index contributed by atoms with van der Waals surface area (Å²) in [7, 11) is 0. The van der Waals surface area contributed by atoms with Gasteiger partial charge in [-0.25, -0.2) is 4.39 Å². The minimum atomic E-state index is -0.515. The van der Waals surface area contributed by atoms with Crippen LogP contribution in [0.4, 0.5) is 4.39 Å². The summed E-state index contributed by atoms with van der Waals surface area (Å²) in [5, 5.41) is 0.677. The molecule has 1 fully saturated rings. The SMILES string of the molecule is O=C(CCc1ccc(Cl)cc1)N1CCN(C(=O)c2ccccc2F)CC1. The molecule has 0 unspecified atom stereocenters. The highest BCUT2D eigenvalue weighted by Crippen LogP contribution is 2.14. The monoisotopic (exact) mass is 374 g/mol. The van der Waals surface area contributed by atoms with E-state index in [2.05, 4.69) is 0 Å². The van der Waals surface area contributed by atoms with Crippen LogP contribution in [0.2, 0.25) is 5.02 Å². The quantitative estimate of drug-likeness (QED) is 0.823. The van der Waals surface area contributed by atoms with E-state index in [0.29, 0.717) is 44.0 Å². The van der Waals surface area contributed by atoms with Crippen molar-refractivity contribution in [1.82, 2.24) is 9.80 Å². The fourth-order valence-corrected chi connectivity index (χ4v) is 3.15. The van der Waals surface area contributed by atoms with Crippen LogP contribution in [-0.4, -0.2) is 47.8 Å². The van der Waals surface area contributed by atoms with Gasteiger partial charge in [0.15, 0.2) is 0 Å². The van der Waals surface area contributed by atoms with Gasteiger partial charge in [-0.15, -0.1) is 0 Å². The number of rotatable bonds is 4. The maximum Gasteiger partial charge on any atom is 0.256 e. The fourth-order valence-electron chi connectivity index (χ4n) is 3.02. The topological polar surface area (TPSA) is 40.6 Å². The van der Waals surface area contributed by atoms with Crippen molar-refractivity contribution in [2.45, 2.75) is 12.8 Å². The second kappa shape index (κ2) is 8.32. The summed E-state index contributed by atoms with van der Waals surface area (Å²) < 4.78 is 13.8. The number of halogens is 2. The van der Waals surface area contributed by atoms with Crippen molar-refractivity contribution in [2.24, 2.45) is 0 Å². The minimum absolute atomic E-state index is 0.0675. The molecule has 2 aromatic rings. The lowest BCUT2D eigenvalue weighted by molar-refractivity contribution is -0.132. The van der Waals surface area contributed by atoms with Crippen LogP contribution >= 0.6 is 11.6 Å². The third-order valence-corrected chi connectivity index (χ3v) is 4.82. The summed E-state index contributed by atoms with van der Waals surface area (Å²) >= 11 is 5.86. The molecule has 0 spiro atoms. The van der Waals surface area contributed by atoms with E-state index < -0.39 is 5.82 Å². The smallest absolute Gasteiger partial charge is 0.256 e. The second-order valence-corrected chi connectivity index (χ2v) is 6.72. The van der Waals surface area contributed by atoms with Gasteiger partial charge in [-0.2, -0.15) is 0 Å². The predicted octanol–water partition coefficient (Wildman–Crippen LogP) is 3.40. The van der Waals surface area contributed by atoms with Crippen molar-refractivity contribution in [3.8, 4) is 0 Å². The van der Waals surface area contributed by atoms with Gasteiger partial charge in [0.2, 0.25) is 5.91 Å². The number of carbonyl (C=O) groups is 2. The van der Waals surface area contributed by atoms with Crippen LogP contribution in [0.3, 0.4) is 0 Å². The molecule has 6 heteroatoms. The van der Waals surface area contributed by atoms with Crippen molar-refractivity contribution >= 4 is 23.4 Å². The lowest BCUT2D eigenvalue weighted by Gasteiger charge is -2.35. The molecule has 0 N–H and O–H groups in total. The number of hydrogen-bond donors (Lipinski definition) is 0. The Labute approximate surface area is 157 Å². The van der Waals surface area contributed by atoms with Crippen LogP contribution in [0.5, 0.6) is 0 Å². The van der Waals surface area contributed by atoms with Crippen molar-refractivity contribution in [1.29, 1.82) is 0 Å². The van der Waals surface area contributed by atoms with E-state index in [1.807, 2.05) is 24.3 Å². The van der Waals surface area contributed by atoms with Crippen molar-refractivity contribution in [3.05, 3.63) is 70.5 Å². The summed E-state index contributed by atoms with van der Waals surface area (Å²) in [6, 6.07) is 13.4. The molecule has 1 aliphatic rings. The Morgan fingerprint density at radius 2 is 1.54 bits per heavy atom. The molecule has 0 radical (unpaired) electrons. The Morgan fingerprint density at radius 3 is 2.19 bits per heavy atom. The molecular weight excluding hydrogens is 355 g/mol. The maximum atomic E-state index is 13.8. The standard InChI is InChI=1S/C20H20ClFN2O2/c21-16-8-5-15(6-9-16)7-10-19(25)23-11-13-24(14-12-23)20(26)17-3-1-2-4-18(17)22/h1-6,8-9H,7,10-14H2. The third-order valence-electron chi connectivity index (χ3n) is 4.56. The molecule has 4 nitrogen and oxygen atoms in total. The Balaban J connectivity index is 1.50. The number of carbonyl (C=O) groups excluding carboxylic acids is 2. The van der Waals surface area contributed by atoms with Gasteiger partial charge in [0.25, 0.3) is 5.91 Å². The first-order valence-electron chi connectivity index (χ1n) is 8.60. The number of piperazine rings is 1. The van der Waals surface area contributed by atoms with Crippen LogP contribution in [-0.2, 0) is 11.2 Å². The number of amides is 2. The van der Waals surface area contributed by atoms with Crippen molar-refractivity contribution in [2.75, 3.05) is 26.2 Å². The zero-order valence-electron chi connectivity index (χ0n) is 14.3. The molecular formula is C20H20ClFN2O2. The highest BCUT2D eigenvalue weighted by Gasteiger charge is 2.25. The number of aryl methyl sites for hydroxylation is 1. The first-order chi connectivity index (χ1) is 12.5. The Morgan fingerprint density at radius 1 is 0.923 bits per heavy atom. The van der Waals surface area contributed by atoms with Crippen LogP contribution in [0.25, 0.3) is 0 Å². The Kier molecular flexibility index (Phi) is 5.89. The molecule has 0 aromatic heterocycles. The van der Waals surface area contributed by atoms with E-state index in [1.54, 1.807) is 21.9 Å². The summed E-state index contributed by atoms with van der Waals surface area (Å²) in [5.41, 5.74) is 1.14. The molecule has 2 amide bonds. The fraction of sp³-hybridized carbons (Fsp3) is 0.300. The summed E-state index contributed by atoms with van der Waals surface area (Å²) in [6.45, 7) is 1.78. The molecule has 136 valence electrons. The largest absolute Gasteiger partial charge is 0.339 e. The Hall–Kier alpha value is -2.40. The van der Waals surface area contributed by atoms with Gasteiger partial charge in [0, 0.05) is 37.6 Å². The van der Waals surface area contributed by atoms with Crippen LogP contribution in [0, 0.1) is 5.82 Å². The molecule has 0 atom stereocenters. The van der Waals surface area contributed by atoms with Gasteiger partial charge in [-0.3, -0.25) is 9.59 Å². The van der Waals surface area contributed by atoms with Crippen LogP contribution in [0.1, 0.15) is 22.3 Å². The van der Waals surface area contributed by atoms with E-state index in [4.69, 9.17) is 11.6 Å². The third kappa shape index (κ3) is 4.41. The molecule has 1 aliphatic heterocycles. The molecule has 0 bridgehead atoms. The molecule has 0 saturated carbocycles. The second-order valence-electron chi connectivity index (χ2n) is 6.28. The Bertz CT molecular complexity index is 787. The van der Waals surface area contributed by atoms with Crippen LogP contribution in [0.15, 0.2) is 48.5 Å². The van der Waals surface area contributed by atoms with E-state index in [0.717, 1.165) is 5.56 Å². The zero-order chi connectivity index (χ0) is 18.5. The lowest BCUT2D eigenvalue weighted by atomic mass is 10.1. The number of benzene rings is 2. The maximum absolute atomic E-state index is 13.8. The molecule has 1 heterocycles. The first-order valence-corrected chi connectivity index (χ1v) is 8.98. The zero-order valence-corrected chi connectivity index (χ0v) is 15.1. The number of nitrogens with zero attached hydrogens (tertiary/aromatic N) is 2. The number of hydrogen-bond acceptors (Lipinski definition) is 2. The summed E-state index contributed by atoms with van der Waals surface area (Å²) in [5.74, 6) is -0.770. The van der Waals surface area contributed by atoms with E-state index in [1.165, 1.54) is 12.1 Å². The highest BCUT2D eigenvalue weighted by atomic mass is 35.5. The van der Waals surface area contributed by atoms with Gasteiger partial charge in [-0.05, 0) is 36.2 Å². The van der Waals surface area contributed by atoms with Gasteiger partial charge in [0.1, 0.15) is 5.82 Å². The molecule has 2 aromatic carbocycles. The minimum Gasteiger partial charge on any atom is -0.339 e. The van der Waals surface area contributed by atoms with Gasteiger partial charge >= 0.3 is 0 Å². The molecule has 1 saturated heterocycles. The van der Waals surface area contributed by atoms with E-state index in [9.17, 15) is 14.0 Å². The average molecular weight is 375 g/mol. The lowest BCUT2D eigenvalue weighted by Crippen LogP contribution is -2.50. The summed E-state index contributed by atoms with van der Waals surface area (Å²) in [6.07, 6.45) is 1.08. The van der Waals surface area contributed by atoms with Gasteiger partial charge in [-0.1, -0.05) is 35.9 Å². The predicted molar refractivity (Wildman–Crippen MR) is 98.7 cm³/mol. The molecule has 0 aliphatic carbocycles. The average Bonchev–Trinajstić information content (AvgIpc) is 2.67. The van der Waals surface area contributed by atoms with Crippen LogP contribution < -0.4 is 0 Å². The van der Waals surface area contributed by atoms with Crippen molar-refractivity contribution in [3.63, 3.8) is 0 Å². The molecule has 26 heavy (non-hydrogen) atoms. The van der Waals surface area contributed by atoms with Crippen molar-refractivity contribution < 1.29 is 14.0 Å². The van der Waals surface area contributed by atoms with E-state index >= 15 is 0 Å². The highest BCUT2D eigenvalue weighted by molar-refractivity contribution is 6.30. The first kappa shape index (κ1) is 18.4. The summed E-state index contributed by atoms with van der Waals surface area (Å²) in [4.78, 5) is 28.1. The van der Waals surface area contributed by atoms with Gasteiger partial charge < -0.3 is 9.80 Å².